The van der Waals surface area contributed by atoms with Crippen molar-refractivity contribution in [2.75, 3.05) is 6.61 Å². The summed E-state index contributed by atoms with van der Waals surface area (Å²) in [5.74, 6) is 1.01. The molecular weight excluding hydrogens is 244 g/mol. The molecule has 0 bridgehead atoms. The van der Waals surface area contributed by atoms with Gasteiger partial charge in [-0.05, 0) is 34.9 Å². The van der Waals surface area contributed by atoms with E-state index < -0.39 is 0 Å². The van der Waals surface area contributed by atoms with Crippen LogP contribution in [-0.4, -0.2) is 6.61 Å². The molecule has 0 fully saturated rings. The number of hydrogen-bond acceptors (Lipinski definition) is 1. The first kappa shape index (κ1) is 11.4. The second-order valence-corrected chi connectivity index (χ2v) is 4.86. The van der Waals surface area contributed by atoms with Crippen LogP contribution in [0.4, 0.5) is 0 Å². The highest BCUT2D eigenvalue weighted by Gasteiger charge is 2.12. The number of benzene rings is 2. The van der Waals surface area contributed by atoms with Crippen LogP contribution in [-0.2, 0) is 6.42 Å². The SMILES string of the molecule is Clc1ccc(C=C2COc3ccccc3C2)cc1. The van der Waals surface area contributed by atoms with E-state index in [0.29, 0.717) is 6.61 Å². The molecule has 18 heavy (non-hydrogen) atoms. The van der Waals surface area contributed by atoms with Crippen LogP contribution in [0.15, 0.2) is 54.1 Å². The molecule has 0 saturated heterocycles. The Hall–Kier alpha value is -1.73. The minimum Gasteiger partial charge on any atom is -0.489 e. The molecule has 0 aliphatic carbocycles. The molecule has 1 heterocycles. The summed E-state index contributed by atoms with van der Waals surface area (Å²) in [6.07, 6.45) is 3.13. The average molecular weight is 257 g/mol. The van der Waals surface area contributed by atoms with Crippen LogP contribution in [0.2, 0.25) is 5.02 Å². The zero-order valence-corrected chi connectivity index (χ0v) is 10.7. The van der Waals surface area contributed by atoms with E-state index in [1.54, 1.807) is 0 Å². The number of hydrogen-bond donors (Lipinski definition) is 0. The van der Waals surface area contributed by atoms with Gasteiger partial charge in [0.2, 0.25) is 0 Å². The third-order valence-corrected chi connectivity index (χ3v) is 3.30. The largest absolute Gasteiger partial charge is 0.489 e. The van der Waals surface area contributed by atoms with E-state index in [9.17, 15) is 0 Å². The Morgan fingerprint density at radius 3 is 2.61 bits per heavy atom. The second-order valence-electron chi connectivity index (χ2n) is 4.43. The maximum absolute atomic E-state index is 5.88. The summed E-state index contributed by atoms with van der Waals surface area (Å²) in [7, 11) is 0. The van der Waals surface area contributed by atoms with E-state index in [0.717, 1.165) is 22.8 Å². The predicted octanol–water partition coefficient (Wildman–Crippen LogP) is 4.36. The topological polar surface area (TPSA) is 9.23 Å². The zero-order chi connectivity index (χ0) is 12.4. The van der Waals surface area contributed by atoms with Gasteiger partial charge in [-0.2, -0.15) is 0 Å². The minimum atomic E-state index is 0.666. The Kier molecular flexibility index (Phi) is 3.07. The molecule has 2 heteroatoms. The minimum absolute atomic E-state index is 0.666. The van der Waals surface area contributed by atoms with Crippen molar-refractivity contribution in [3.63, 3.8) is 0 Å². The molecule has 90 valence electrons. The van der Waals surface area contributed by atoms with Crippen LogP contribution >= 0.6 is 11.6 Å². The van der Waals surface area contributed by atoms with Crippen molar-refractivity contribution >= 4 is 17.7 Å². The summed E-state index contributed by atoms with van der Waals surface area (Å²) in [6, 6.07) is 16.1. The highest BCUT2D eigenvalue weighted by atomic mass is 35.5. The number of para-hydroxylation sites is 1. The summed E-state index contributed by atoms with van der Waals surface area (Å²) in [6.45, 7) is 0.666. The van der Waals surface area contributed by atoms with Gasteiger partial charge < -0.3 is 4.74 Å². The molecule has 2 aromatic carbocycles. The van der Waals surface area contributed by atoms with E-state index >= 15 is 0 Å². The van der Waals surface area contributed by atoms with Gasteiger partial charge in [-0.25, -0.2) is 0 Å². The second kappa shape index (κ2) is 4.87. The van der Waals surface area contributed by atoms with Gasteiger partial charge in [0.25, 0.3) is 0 Å². The van der Waals surface area contributed by atoms with Crippen molar-refractivity contribution in [1.29, 1.82) is 0 Å². The van der Waals surface area contributed by atoms with Crippen LogP contribution in [0.1, 0.15) is 11.1 Å². The number of fused-ring (bicyclic) bond motifs is 1. The standard InChI is InChI=1S/C16H13ClO/c17-15-7-5-12(6-8-15)9-13-10-14-3-1-2-4-16(14)18-11-13/h1-9H,10-11H2. The van der Waals surface area contributed by atoms with Gasteiger partial charge in [-0.15, -0.1) is 0 Å². The van der Waals surface area contributed by atoms with Crippen molar-refractivity contribution in [2.45, 2.75) is 6.42 Å². The number of halogens is 1. The Bertz CT molecular complexity index is 584. The van der Waals surface area contributed by atoms with Gasteiger partial charge in [0.15, 0.2) is 0 Å². The summed E-state index contributed by atoms with van der Waals surface area (Å²) >= 11 is 5.88. The highest BCUT2D eigenvalue weighted by Crippen LogP contribution is 2.27. The van der Waals surface area contributed by atoms with Crippen molar-refractivity contribution in [1.82, 2.24) is 0 Å². The van der Waals surface area contributed by atoms with Gasteiger partial charge in [-0.3, -0.25) is 0 Å². The first-order chi connectivity index (χ1) is 8.81. The number of ether oxygens (including phenoxy) is 1. The Morgan fingerprint density at radius 1 is 1.00 bits per heavy atom. The van der Waals surface area contributed by atoms with Crippen LogP contribution in [0.25, 0.3) is 6.08 Å². The van der Waals surface area contributed by atoms with E-state index in [1.807, 2.05) is 42.5 Å². The third kappa shape index (κ3) is 2.41. The molecule has 2 aromatic rings. The highest BCUT2D eigenvalue weighted by molar-refractivity contribution is 6.30. The van der Waals surface area contributed by atoms with Crippen LogP contribution in [0.3, 0.4) is 0 Å². The molecule has 3 rings (SSSR count). The normalized spacial score (nSPS) is 16.2. The summed E-state index contributed by atoms with van der Waals surface area (Å²) < 4.78 is 5.74. The van der Waals surface area contributed by atoms with E-state index in [1.165, 1.54) is 11.1 Å². The molecule has 0 radical (unpaired) electrons. The Labute approximate surface area is 112 Å². The molecule has 0 amide bonds. The van der Waals surface area contributed by atoms with E-state index in [4.69, 9.17) is 16.3 Å². The molecular formula is C16H13ClO. The monoisotopic (exact) mass is 256 g/mol. The first-order valence-electron chi connectivity index (χ1n) is 5.97. The lowest BCUT2D eigenvalue weighted by molar-refractivity contribution is 0.333. The molecule has 0 atom stereocenters. The predicted molar refractivity (Wildman–Crippen MR) is 75.1 cm³/mol. The summed E-state index contributed by atoms with van der Waals surface area (Å²) in [5.41, 5.74) is 3.71. The van der Waals surface area contributed by atoms with Crippen molar-refractivity contribution < 1.29 is 4.74 Å². The van der Waals surface area contributed by atoms with Crippen LogP contribution in [0.5, 0.6) is 5.75 Å². The summed E-state index contributed by atoms with van der Waals surface area (Å²) in [4.78, 5) is 0. The molecule has 1 aliphatic rings. The maximum atomic E-state index is 5.88. The molecule has 1 aliphatic heterocycles. The van der Waals surface area contributed by atoms with Gasteiger partial charge in [-0.1, -0.05) is 48.0 Å². The first-order valence-corrected chi connectivity index (χ1v) is 6.35. The quantitative estimate of drug-likeness (QED) is 0.737. The lowest BCUT2D eigenvalue weighted by Gasteiger charge is -2.19. The lowest BCUT2D eigenvalue weighted by Crippen LogP contribution is -2.11. The average Bonchev–Trinajstić information content (AvgIpc) is 2.41. The smallest absolute Gasteiger partial charge is 0.123 e. The van der Waals surface area contributed by atoms with Gasteiger partial charge in [0, 0.05) is 11.4 Å². The zero-order valence-electron chi connectivity index (χ0n) is 9.90. The maximum Gasteiger partial charge on any atom is 0.123 e. The van der Waals surface area contributed by atoms with Gasteiger partial charge in [0.1, 0.15) is 12.4 Å². The lowest BCUT2D eigenvalue weighted by atomic mass is 10.00. The third-order valence-electron chi connectivity index (χ3n) is 3.04. The van der Waals surface area contributed by atoms with Crippen molar-refractivity contribution in [2.24, 2.45) is 0 Å². The molecule has 1 nitrogen and oxygen atoms in total. The van der Waals surface area contributed by atoms with Gasteiger partial charge in [0.05, 0.1) is 0 Å². The number of rotatable bonds is 1. The molecule has 0 aromatic heterocycles. The fraction of sp³-hybridized carbons (Fsp3) is 0.125. The van der Waals surface area contributed by atoms with Crippen molar-refractivity contribution in [3.05, 3.63) is 70.3 Å². The Balaban J connectivity index is 1.85. The van der Waals surface area contributed by atoms with Gasteiger partial charge >= 0.3 is 0 Å². The molecule has 0 unspecified atom stereocenters. The van der Waals surface area contributed by atoms with Crippen molar-refractivity contribution in [3.8, 4) is 5.75 Å². The fourth-order valence-corrected chi connectivity index (χ4v) is 2.27. The molecule has 0 N–H and O–H groups in total. The summed E-state index contributed by atoms with van der Waals surface area (Å²) in [5, 5.41) is 0.766. The molecule has 0 spiro atoms. The van der Waals surface area contributed by atoms with Crippen LogP contribution < -0.4 is 4.74 Å². The Morgan fingerprint density at radius 2 is 1.78 bits per heavy atom. The van der Waals surface area contributed by atoms with E-state index in [-0.39, 0.29) is 0 Å². The van der Waals surface area contributed by atoms with E-state index in [2.05, 4.69) is 12.1 Å². The molecule has 0 saturated carbocycles. The van der Waals surface area contributed by atoms with Crippen LogP contribution in [0, 0.1) is 0 Å². The fourth-order valence-electron chi connectivity index (χ4n) is 2.14.